The molecule has 0 radical (unpaired) electrons. The quantitative estimate of drug-likeness (QED) is 0.552. The molecule has 2 aromatic carbocycles. The third-order valence-electron chi connectivity index (χ3n) is 5.03. The maximum atomic E-state index is 13.2. The molecule has 2 aromatic rings. The minimum Gasteiger partial charge on any atom is -0.465 e. The lowest BCUT2D eigenvalue weighted by atomic mass is 10.1. The molecular weight excluding hydrogens is 452 g/mol. The van der Waals surface area contributed by atoms with Crippen LogP contribution in [0.15, 0.2) is 47.4 Å². The average molecular weight is 477 g/mol. The lowest BCUT2D eigenvalue weighted by molar-refractivity contribution is 0.0583. The SMILES string of the molecule is COC(=O)c1ccc(C(=O)OC)c(S(=O)(=O)Nc2ccccc2C(=O)NC[C@@H]2CCCO2)c1. The highest BCUT2D eigenvalue weighted by molar-refractivity contribution is 7.92. The van der Waals surface area contributed by atoms with E-state index in [-0.39, 0.29) is 28.5 Å². The van der Waals surface area contributed by atoms with Crippen LogP contribution >= 0.6 is 0 Å². The van der Waals surface area contributed by atoms with Crippen molar-refractivity contribution in [1.29, 1.82) is 0 Å². The van der Waals surface area contributed by atoms with Crippen LogP contribution in [-0.2, 0) is 24.2 Å². The molecule has 0 unspecified atom stereocenters. The highest BCUT2D eigenvalue weighted by atomic mass is 32.2. The molecule has 1 aliphatic rings. The Morgan fingerprint density at radius 1 is 1.03 bits per heavy atom. The van der Waals surface area contributed by atoms with Gasteiger partial charge in [-0.25, -0.2) is 18.0 Å². The lowest BCUT2D eigenvalue weighted by Gasteiger charge is -2.16. The molecule has 176 valence electrons. The summed E-state index contributed by atoms with van der Waals surface area (Å²) < 4.78 is 43.6. The number of para-hydroxylation sites is 1. The molecule has 1 heterocycles. The number of anilines is 1. The molecule has 2 N–H and O–H groups in total. The van der Waals surface area contributed by atoms with Crippen LogP contribution in [0.3, 0.4) is 0 Å². The first kappa shape index (κ1) is 24.2. The summed E-state index contributed by atoms with van der Waals surface area (Å²) in [5.41, 5.74) is -0.268. The normalized spacial score (nSPS) is 15.5. The van der Waals surface area contributed by atoms with E-state index in [1.165, 1.54) is 18.2 Å². The Kier molecular flexibility index (Phi) is 7.67. The van der Waals surface area contributed by atoms with E-state index < -0.39 is 32.8 Å². The molecule has 0 saturated carbocycles. The number of methoxy groups -OCH3 is 2. The van der Waals surface area contributed by atoms with Crippen LogP contribution < -0.4 is 10.0 Å². The second-order valence-corrected chi connectivity index (χ2v) is 8.84. The molecule has 1 fully saturated rings. The van der Waals surface area contributed by atoms with Crippen LogP contribution in [0, 0.1) is 0 Å². The zero-order valence-electron chi connectivity index (χ0n) is 18.1. The van der Waals surface area contributed by atoms with Crippen LogP contribution in [0.25, 0.3) is 0 Å². The smallest absolute Gasteiger partial charge is 0.339 e. The van der Waals surface area contributed by atoms with Gasteiger partial charge in [0, 0.05) is 13.2 Å². The van der Waals surface area contributed by atoms with E-state index in [0.29, 0.717) is 13.2 Å². The monoisotopic (exact) mass is 476 g/mol. The molecule has 1 saturated heterocycles. The third kappa shape index (κ3) is 5.68. The summed E-state index contributed by atoms with van der Waals surface area (Å²) in [5, 5.41) is 2.74. The maximum absolute atomic E-state index is 13.2. The van der Waals surface area contributed by atoms with E-state index >= 15 is 0 Å². The third-order valence-corrected chi connectivity index (χ3v) is 6.43. The van der Waals surface area contributed by atoms with Gasteiger partial charge >= 0.3 is 11.9 Å². The van der Waals surface area contributed by atoms with Crippen molar-refractivity contribution in [3.8, 4) is 0 Å². The topological polar surface area (TPSA) is 137 Å². The summed E-state index contributed by atoms with van der Waals surface area (Å²) >= 11 is 0. The van der Waals surface area contributed by atoms with Gasteiger partial charge in [0.2, 0.25) is 0 Å². The van der Waals surface area contributed by atoms with Crippen molar-refractivity contribution in [3.05, 3.63) is 59.2 Å². The number of nitrogens with one attached hydrogen (secondary N) is 2. The number of ether oxygens (including phenoxy) is 3. The van der Waals surface area contributed by atoms with E-state index in [9.17, 15) is 22.8 Å². The van der Waals surface area contributed by atoms with E-state index in [2.05, 4.69) is 19.5 Å². The predicted octanol–water partition coefficient (Wildman–Crippen LogP) is 1.97. The van der Waals surface area contributed by atoms with Gasteiger partial charge in [-0.05, 0) is 43.2 Å². The van der Waals surface area contributed by atoms with Crippen LogP contribution in [0.1, 0.15) is 43.9 Å². The van der Waals surface area contributed by atoms with Crippen LogP contribution in [0.5, 0.6) is 0 Å². The summed E-state index contributed by atoms with van der Waals surface area (Å²) in [6.07, 6.45) is 1.67. The first-order chi connectivity index (χ1) is 15.8. The number of rotatable bonds is 8. The molecular formula is C22H24N2O8S. The first-order valence-corrected chi connectivity index (χ1v) is 11.6. The maximum Gasteiger partial charge on any atom is 0.339 e. The van der Waals surface area contributed by atoms with Gasteiger partial charge in [0.15, 0.2) is 0 Å². The van der Waals surface area contributed by atoms with Crippen molar-refractivity contribution >= 4 is 33.6 Å². The Morgan fingerprint density at radius 2 is 1.76 bits per heavy atom. The average Bonchev–Trinajstić information content (AvgIpc) is 3.35. The number of esters is 2. The fourth-order valence-electron chi connectivity index (χ4n) is 3.35. The number of hydrogen-bond donors (Lipinski definition) is 2. The Balaban J connectivity index is 1.92. The summed E-state index contributed by atoms with van der Waals surface area (Å²) in [5.74, 6) is -2.17. The number of sulfonamides is 1. The number of carbonyl (C=O) groups is 3. The standard InChI is InChI=1S/C22H24N2O8S/c1-30-21(26)14-9-10-17(22(27)31-2)19(12-14)33(28,29)24-18-8-4-3-7-16(18)20(25)23-13-15-6-5-11-32-15/h3-4,7-10,12,15,24H,5-6,11,13H2,1-2H3,(H,23,25)/t15-/m0/s1. The van der Waals surface area contributed by atoms with Crippen LogP contribution in [0.2, 0.25) is 0 Å². The molecule has 10 nitrogen and oxygen atoms in total. The summed E-state index contributed by atoms with van der Waals surface area (Å²) in [4.78, 5) is 36.3. The largest absolute Gasteiger partial charge is 0.465 e. The fraction of sp³-hybridized carbons (Fsp3) is 0.318. The Morgan fingerprint density at radius 3 is 2.42 bits per heavy atom. The second-order valence-electron chi connectivity index (χ2n) is 7.19. The Labute approximate surface area is 191 Å². The van der Waals surface area contributed by atoms with Crippen molar-refractivity contribution in [1.82, 2.24) is 5.32 Å². The van der Waals surface area contributed by atoms with Crippen molar-refractivity contribution in [2.45, 2.75) is 23.8 Å². The molecule has 11 heteroatoms. The van der Waals surface area contributed by atoms with Crippen molar-refractivity contribution in [2.75, 3.05) is 32.1 Å². The van der Waals surface area contributed by atoms with Crippen LogP contribution in [-0.4, -0.2) is 59.7 Å². The predicted molar refractivity (Wildman–Crippen MR) is 118 cm³/mol. The minimum absolute atomic E-state index is 0.00151. The highest BCUT2D eigenvalue weighted by Gasteiger charge is 2.27. The van der Waals surface area contributed by atoms with Gasteiger partial charge in [-0.3, -0.25) is 9.52 Å². The molecule has 3 rings (SSSR count). The molecule has 33 heavy (non-hydrogen) atoms. The molecule has 1 atom stereocenters. The van der Waals surface area contributed by atoms with Crippen molar-refractivity contribution in [3.63, 3.8) is 0 Å². The molecule has 0 bridgehead atoms. The summed E-state index contributed by atoms with van der Waals surface area (Å²) in [6.45, 7) is 0.942. The number of carbonyl (C=O) groups excluding carboxylic acids is 3. The highest BCUT2D eigenvalue weighted by Crippen LogP contribution is 2.25. The Hall–Kier alpha value is -3.44. The Bertz CT molecular complexity index is 1160. The molecule has 0 spiro atoms. The van der Waals surface area contributed by atoms with E-state index in [1.54, 1.807) is 12.1 Å². The zero-order valence-corrected chi connectivity index (χ0v) is 18.9. The van der Waals surface area contributed by atoms with Crippen molar-refractivity contribution in [2.24, 2.45) is 0 Å². The van der Waals surface area contributed by atoms with Gasteiger partial charge in [0.05, 0.1) is 42.7 Å². The van der Waals surface area contributed by atoms with E-state index in [1.807, 2.05) is 0 Å². The number of benzene rings is 2. The van der Waals surface area contributed by atoms with Gasteiger partial charge in [0.25, 0.3) is 15.9 Å². The minimum atomic E-state index is -4.41. The van der Waals surface area contributed by atoms with Crippen LogP contribution in [0.4, 0.5) is 5.69 Å². The molecule has 0 aromatic heterocycles. The molecule has 0 aliphatic carbocycles. The summed E-state index contributed by atoms with van der Waals surface area (Å²) in [7, 11) is -2.16. The first-order valence-electron chi connectivity index (χ1n) is 10.1. The zero-order chi connectivity index (χ0) is 24.0. The second kappa shape index (κ2) is 10.5. The van der Waals surface area contributed by atoms with E-state index in [0.717, 1.165) is 39.2 Å². The lowest BCUT2D eigenvalue weighted by Crippen LogP contribution is -2.32. The number of amides is 1. The van der Waals surface area contributed by atoms with E-state index in [4.69, 9.17) is 4.74 Å². The molecule has 1 amide bonds. The molecule has 1 aliphatic heterocycles. The van der Waals surface area contributed by atoms with Gasteiger partial charge in [-0.2, -0.15) is 0 Å². The fourth-order valence-corrected chi connectivity index (χ4v) is 4.65. The van der Waals surface area contributed by atoms with Gasteiger partial charge in [0.1, 0.15) is 4.90 Å². The van der Waals surface area contributed by atoms with Gasteiger partial charge < -0.3 is 19.5 Å². The van der Waals surface area contributed by atoms with Crippen molar-refractivity contribution < 1.29 is 37.0 Å². The number of hydrogen-bond acceptors (Lipinski definition) is 8. The van der Waals surface area contributed by atoms with Gasteiger partial charge in [-0.1, -0.05) is 12.1 Å². The van der Waals surface area contributed by atoms with Gasteiger partial charge in [-0.15, -0.1) is 0 Å². The summed E-state index contributed by atoms with van der Waals surface area (Å²) in [6, 6.07) is 9.46.